The summed E-state index contributed by atoms with van der Waals surface area (Å²) in [4.78, 5) is 63.7. The van der Waals surface area contributed by atoms with Gasteiger partial charge in [0.1, 0.15) is 12.1 Å². The molecule has 0 N–H and O–H groups in total. The van der Waals surface area contributed by atoms with Crippen molar-refractivity contribution in [3.8, 4) is 21.9 Å². The van der Waals surface area contributed by atoms with Gasteiger partial charge >= 0.3 is 0 Å². The molecular weight excluding hydrogens is 717 g/mol. The summed E-state index contributed by atoms with van der Waals surface area (Å²) >= 11 is 6.37. The highest BCUT2D eigenvalue weighted by Gasteiger charge is 2.43. The number of carbonyl (C=O) groups is 4. The number of nitrogens with zero attached hydrogens (tertiary/aromatic N) is 4. The first-order valence-electron chi connectivity index (χ1n) is 15.2. The third-order valence-electron chi connectivity index (χ3n) is 9.51. The summed E-state index contributed by atoms with van der Waals surface area (Å²) < 4.78 is 4.26. The molecule has 4 heterocycles. The molecule has 51 heavy (non-hydrogen) atoms. The van der Waals surface area contributed by atoms with Gasteiger partial charge in [-0.15, -0.1) is 45.3 Å². The maximum Gasteiger partial charge on any atom is 0.197 e. The van der Waals surface area contributed by atoms with Gasteiger partial charge in [0.25, 0.3) is 0 Å². The first-order chi connectivity index (χ1) is 24.5. The minimum absolute atomic E-state index is 0.0100. The lowest BCUT2D eigenvalue weighted by Crippen LogP contribution is -2.14. The highest BCUT2D eigenvalue weighted by Crippen LogP contribution is 2.62. The van der Waals surface area contributed by atoms with Crippen LogP contribution in [0.15, 0.2) is 47.5 Å². The molecule has 8 nitrogen and oxygen atoms in total. The molecule has 0 aliphatic heterocycles. The Balaban J connectivity index is 1.07. The Morgan fingerprint density at radius 2 is 0.980 bits per heavy atom. The van der Waals surface area contributed by atoms with E-state index in [1.165, 1.54) is 67.8 Å². The normalized spacial score (nSPS) is 15.0. The largest absolute Gasteiger partial charge is 0.288 e. The fourth-order valence-electron chi connectivity index (χ4n) is 7.16. The molecule has 0 unspecified atom stereocenters. The van der Waals surface area contributed by atoms with Gasteiger partial charge in [-0.2, -0.15) is 10.5 Å². The van der Waals surface area contributed by atoms with Crippen molar-refractivity contribution in [3.63, 3.8) is 0 Å². The molecule has 2 aromatic carbocycles. The summed E-state index contributed by atoms with van der Waals surface area (Å²) in [5.74, 6) is -1.82. The molecule has 0 bridgehead atoms. The van der Waals surface area contributed by atoms with Crippen molar-refractivity contribution >= 4 is 111 Å². The van der Waals surface area contributed by atoms with Crippen molar-refractivity contribution in [1.82, 2.24) is 0 Å². The number of rotatable bonds is 2. The average molecular weight is 731 g/mol. The molecule has 0 fully saturated rings. The Morgan fingerprint density at radius 1 is 0.608 bits per heavy atom. The lowest BCUT2D eigenvalue weighted by Gasteiger charge is -2.19. The van der Waals surface area contributed by atoms with Gasteiger partial charge in [-0.25, -0.2) is 0 Å². The summed E-state index contributed by atoms with van der Waals surface area (Å²) in [7, 11) is 0. The Morgan fingerprint density at radius 3 is 1.33 bits per heavy atom. The maximum atomic E-state index is 13.3. The lowest BCUT2D eigenvalue weighted by molar-refractivity contribution is 0.0975. The Bertz CT molecular complexity index is 2710. The third-order valence-corrected chi connectivity index (χ3v) is 14.4. The van der Waals surface area contributed by atoms with Crippen LogP contribution in [0.1, 0.15) is 87.3 Å². The molecule has 0 amide bonds. The monoisotopic (exact) mass is 730 g/mol. The molecule has 0 atom stereocenters. The number of benzene rings is 2. The first kappa shape index (κ1) is 30.9. The number of allylic oxidation sites excluding steroid dienone is 2. The van der Waals surface area contributed by atoms with Crippen LogP contribution in [0.4, 0.5) is 11.4 Å². The van der Waals surface area contributed by atoms with Crippen LogP contribution in [0.2, 0.25) is 0 Å². The predicted molar refractivity (Wildman–Crippen MR) is 199 cm³/mol. The molecule has 238 valence electrons. The van der Waals surface area contributed by atoms with Crippen LogP contribution in [-0.2, 0) is 5.41 Å². The van der Waals surface area contributed by atoms with E-state index in [0.29, 0.717) is 0 Å². The maximum absolute atomic E-state index is 13.3. The summed E-state index contributed by atoms with van der Waals surface area (Å²) in [6, 6.07) is 13.2. The van der Waals surface area contributed by atoms with Crippen molar-refractivity contribution in [2.24, 2.45) is 0 Å². The molecule has 12 heteroatoms. The van der Waals surface area contributed by atoms with Crippen LogP contribution in [0.5, 0.6) is 0 Å². The zero-order chi connectivity index (χ0) is 35.7. The number of nitriles is 2. The highest BCUT2D eigenvalue weighted by atomic mass is 32.1. The number of Topliss-reactive ketones (excluding diaryl/α,β-unsaturated/α-hetero) is 4. The number of hydrogen-bond acceptors (Lipinski definition) is 10. The van der Waals surface area contributed by atoms with Crippen LogP contribution < -0.4 is 0 Å². The van der Waals surface area contributed by atoms with E-state index in [4.69, 9.17) is 13.1 Å². The van der Waals surface area contributed by atoms with Crippen LogP contribution in [0, 0.1) is 35.8 Å². The summed E-state index contributed by atoms with van der Waals surface area (Å²) in [5, 5.41) is 18.8. The van der Waals surface area contributed by atoms with Gasteiger partial charge in [-0.05, 0) is 47.5 Å². The number of thiophene rings is 4. The van der Waals surface area contributed by atoms with Crippen molar-refractivity contribution < 1.29 is 19.2 Å². The molecular formula is C39H14N4O4S4. The van der Waals surface area contributed by atoms with E-state index in [-0.39, 0.29) is 61.3 Å². The smallest absolute Gasteiger partial charge is 0.197 e. The predicted octanol–water partition coefficient (Wildman–Crippen LogP) is 10.3. The van der Waals surface area contributed by atoms with Crippen molar-refractivity contribution in [3.05, 3.63) is 125 Å². The Kier molecular flexibility index (Phi) is 6.33. The fourth-order valence-corrected chi connectivity index (χ4v) is 13.1. The third kappa shape index (κ3) is 4.05. The van der Waals surface area contributed by atoms with Gasteiger partial charge in [0.05, 0.1) is 54.6 Å². The van der Waals surface area contributed by atoms with Crippen LogP contribution >= 0.6 is 45.3 Å². The Hall–Kier alpha value is -6.12. The molecule has 0 radical (unpaired) electrons. The van der Waals surface area contributed by atoms with Crippen LogP contribution in [0.25, 0.3) is 50.4 Å². The van der Waals surface area contributed by atoms with Crippen molar-refractivity contribution in [2.75, 3.05) is 0 Å². The zero-order valence-corrected chi connectivity index (χ0v) is 29.4. The quantitative estimate of drug-likeness (QED) is 0.0992. The average Bonchev–Trinajstić information content (AvgIpc) is 3.96. The van der Waals surface area contributed by atoms with E-state index < -0.39 is 23.1 Å². The van der Waals surface area contributed by atoms with Gasteiger partial charge in [-0.1, -0.05) is 26.0 Å². The van der Waals surface area contributed by atoms with Gasteiger partial charge in [0, 0.05) is 46.8 Å². The molecule has 0 saturated heterocycles. The van der Waals surface area contributed by atoms with E-state index in [1.807, 2.05) is 24.3 Å². The Labute approximate surface area is 304 Å². The van der Waals surface area contributed by atoms with Gasteiger partial charge in [0.15, 0.2) is 34.5 Å². The number of hydrogen-bond donors (Lipinski definition) is 0. The zero-order valence-electron chi connectivity index (χ0n) is 26.2. The second-order valence-corrected chi connectivity index (χ2v) is 16.9. The number of fused-ring (bicyclic) bond motifs is 9. The second kappa shape index (κ2) is 10.4. The SMILES string of the molecule is [C-]#[N+]c1cc2c(cc1[N+]#[C-])C(=O)C(=Cc1cc3sc4c(c3s1)C(C)(C)c1c-4sc3cc(C=C4C(=O)c5cc(C#N)c(C#N)cc5C4=O)sc13)C2=O. The number of ketones is 4. The van der Waals surface area contributed by atoms with Gasteiger partial charge in [-0.3, -0.25) is 28.9 Å². The van der Waals surface area contributed by atoms with Crippen molar-refractivity contribution in [1.29, 1.82) is 10.5 Å². The minimum atomic E-state index is -0.461. The molecule has 0 saturated carbocycles. The topological polar surface area (TPSA) is 125 Å². The molecule has 3 aliphatic carbocycles. The fraction of sp³-hybridized carbons (Fsp3) is 0.0769. The summed E-state index contributed by atoms with van der Waals surface area (Å²) in [5.41, 5.74) is 2.79. The van der Waals surface area contributed by atoms with E-state index >= 15 is 0 Å². The van der Waals surface area contributed by atoms with Crippen LogP contribution in [0.3, 0.4) is 0 Å². The van der Waals surface area contributed by atoms with E-state index in [9.17, 15) is 29.7 Å². The van der Waals surface area contributed by atoms with Gasteiger partial charge < -0.3 is 0 Å². The van der Waals surface area contributed by atoms with Gasteiger partial charge in [0.2, 0.25) is 0 Å². The molecule has 6 aromatic rings. The lowest BCUT2D eigenvalue weighted by atomic mass is 9.84. The standard InChI is InChI=1S/C39H14N4O4S4/c1-39(2)29-35-27(9-17(48-35)7-23-31(44)19-5-15(13-40)16(14-41)6-20(19)32(23)45)50-37(29)38-30(39)36-28(51-38)10-18(49-36)8-24-33(46)21-11-25(42-3)26(43-4)12-22(21)34(24)47/h5-12H,1-2H3. The molecule has 4 aromatic heterocycles. The highest BCUT2D eigenvalue weighted by molar-refractivity contribution is 7.35. The van der Waals surface area contributed by atoms with Crippen LogP contribution in [-0.4, -0.2) is 23.1 Å². The molecule has 3 aliphatic rings. The van der Waals surface area contributed by atoms with Crippen molar-refractivity contribution in [2.45, 2.75) is 19.3 Å². The summed E-state index contributed by atoms with van der Waals surface area (Å²) in [6.45, 7) is 19.1. The molecule has 0 spiro atoms. The second-order valence-electron chi connectivity index (χ2n) is 12.6. The number of carbonyl (C=O) groups excluding carboxylic acids is 4. The van der Waals surface area contributed by atoms with E-state index in [2.05, 4.69) is 23.5 Å². The van der Waals surface area contributed by atoms with E-state index in [1.54, 1.807) is 34.8 Å². The van der Waals surface area contributed by atoms with E-state index in [0.717, 1.165) is 28.6 Å². The minimum Gasteiger partial charge on any atom is -0.288 e. The first-order valence-corrected chi connectivity index (χ1v) is 18.4. The molecule has 9 rings (SSSR count). The summed E-state index contributed by atoms with van der Waals surface area (Å²) in [6.07, 6.45) is 3.22.